The van der Waals surface area contributed by atoms with Crippen molar-refractivity contribution in [1.82, 2.24) is 4.90 Å². The highest BCUT2D eigenvalue weighted by Gasteiger charge is 2.30. The number of ether oxygens (including phenoxy) is 2. The summed E-state index contributed by atoms with van der Waals surface area (Å²) in [5.74, 6) is -0.502. The normalized spacial score (nSPS) is 15.8. The zero-order chi connectivity index (χ0) is 18.6. The van der Waals surface area contributed by atoms with Crippen molar-refractivity contribution >= 4 is 62.2 Å². The molecule has 134 valence electrons. The third kappa shape index (κ3) is 4.74. The van der Waals surface area contributed by atoms with Crippen LogP contribution in [0.5, 0.6) is 11.5 Å². The van der Waals surface area contributed by atoms with Crippen molar-refractivity contribution in [2.45, 2.75) is 13.8 Å². The molecular formula is C16H16BrNO5S2. The van der Waals surface area contributed by atoms with Gasteiger partial charge in [-0.25, -0.2) is 4.79 Å². The van der Waals surface area contributed by atoms with E-state index in [1.165, 1.54) is 16.7 Å². The number of hydrogen-bond acceptors (Lipinski definition) is 6. The van der Waals surface area contributed by atoms with Crippen LogP contribution in [-0.2, 0) is 9.59 Å². The minimum atomic E-state index is -1.08. The van der Waals surface area contributed by atoms with E-state index in [1.54, 1.807) is 18.2 Å². The minimum Gasteiger partial charge on any atom is -0.490 e. The molecule has 0 aliphatic carbocycles. The number of carboxylic acid groups (broad SMARTS) is 1. The van der Waals surface area contributed by atoms with Gasteiger partial charge in [-0.3, -0.25) is 9.69 Å². The molecule has 1 aliphatic heterocycles. The molecule has 1 fully saturated rings. The third-order valence-electron chi connectivity index (χ3n) is 3.16. The van der Waals surface area contributed by atoms with Crippen molar-refractivity contribution in [2.75, 3.05) is 19.8 Å². The molecular weight excluding hydrogens is 430 g/mol. The van der Waals surface area contributed by atoms with E-state index in [4.69, 9.17) is 26.8 Å². The standard InChI is InChI=1S/C16H16BrNO5S2/c1-3-18-15(21)12(25-16(18)24)7-9-5-10(17)14(23-8-13(19)20)11(6-9)22-4-2/h5-7H,3-4,8H2,1-2H3,(H,19,20). The molecule has 1 aromatic carbocycles. The van der Waals surface area contributed by atoms with E-state index in [-0.39, 0.29) is 5.91 Å². The first kappa shape index (κ1) is 19.7. The number of thiocarbonyl (C=S) groups is 1. The molecule has 1 N–H and O–H groups in total. The molecule has 0 bridgehead atoms. The number of amides is 1. The van der Waals surface area contributed by atoms with Gasteiger partial charge in [0.1, 0.15) is 4.32 Å². The Morgan fingerprint density at radius 2 is 2.12 bits per heavy atom. The van der Waals surface area contributed by atoms with Gasteiger partial charge in [-0.05, 0) is 53.5 Å². The fraction of sp³-hybridized carbons (Fsp3) is 0.312. The highest BCUT2D eigenvalue weighted by atomic mass is 79.9. The number of carbonyl (C=O) groups excluding carboxylic acids is 1. The SMILES string of the molecule is CCOc1cc(C=C2SC(=S)N(CC)C2=O)cc(Br)c1OCC(=O)O. The smallest absolute Gasteiger partial charge is 0.341 e. The zero-order valence-corrected chi connectivity index (χ0v) is 16.8. The molecule has 0 radical (unpaired) electrons. The van der Waals surface area contributed by atoms with Crippen LogP contribution >= 0.6 is 39.9 Å². The summed E-state index contributed by atoms with van der Waals surface area (Å²) >= 11 is 9.81. The van der Waals surface area contributed by atoms with Gasteiger partial charge in [0.15, 0.2) is 18.1 Å². The molecule has 0 atom stereocenters. The maximum atomic E-state index is 12.3. The number of halogens is 1. The predicted molar refractivity (Wildman–Crippen MR) is 104 cm³/mol. The van der Waals surface area contributed by atoms with E-state index in [0.29, 0.717) is 38.3 Å². The van der Waals surface area contributed by atoms with Crippen LogP contribution in [0.3, 0.4) is 0 Å². The predicted octanol–water partition coefficient (Wildman–Crippen LogP) is 3.53. The summed E-state index contributed by atoms with van der Waals surface area (Å²) in [5, 5.41) is 8.79. The lowest BCUT2D eigenvalue weighted by Gasteiger charge is -2.13. The lowest BCUT2D eigenvalue weighted by Crippen LogP contribution is -2.27. The van der Waals surface area contributed by atoms with E-state index >= 15 is 0 Å². The fourth-order valence-corrected chi connectivity index (χ4v) is 4.09. The van der Waals surface area contributed by atoms with Gasteiger partial charge >= 0.3 is 5.97 Å². The molecule has 1 saturated heterocycles. The van der Waals surface area contributed by atoms with Crippen LogP contribution in [-0.4, -0.2) is 46.0 Å². The van der Waals surface area contributed by atoms with Crippen molar-refractivity contribution in [2.24, 2.45) is 0 Å². The lowest BCUT2D eigenvalue weighted by atomic mass is 10.2. The second-order valence-corrected chi connectivity index (χ2v) is 7.40. The Labute approximate surface area is 163 Å². The average Bonchev–Trinajstić information content (AvgIpc) is 2.80. The minimum absolute atomic E-state index is 0.127. The molecule has 1 aliphatic rings. The van der Waals surface area contributed by atoms with Crippen LogP contribution in [0.25, 0.3) is 6.08 Å². The highest BCUT2D eigenvalue weighted by molar-refractivity contribution is 9.10. The van der Waals surface area contributed by atoms with Crippen LogP contribution < -0.4 is 9.47 Å². The summed E-state index contributed by atoms with van der Waals surface area (Å²) < 4.78 is 11.9. The molecule has 1 aromatic rings. The summed E-state index contributed by atoms with van der Waals surface area (Å²) in [6, 6.07) is 3.43. The third-order valence-corrected chi connectivity index (χ3v) is 5.13. The van der Waals surface area contributed by atoms with Gasteiger partial charge in [0, 0.05) is 6.54 Å². The summed E-state index contributed by atoms with van der Waals surface area (Å²) in [6.07, 6.45) is 1.73. The van der Waals surface area contributed by atoms with E-state index in [2.05, 4.69) is 15.9 Å². The van der Waals surface area contributed by atoms with Crippen LogP contribution in [0.15, 0.2) is 21.5 Å². The summed E-state index contributed by atoms with van der Waals surface area (Å²) in [7, 11) is 0. The largest absolute Gasteiger partial charge is 0.490 e. The molecule has 9 heteroatoms. The van der Waals surface area contributed by atoms with Gasteiger partial charge in [0.25, 0.3) is 5.91 Å². The number of aliphatic carboxylic acids is 1. The lowest BCUT2D eigenvalue weighted by molar-refractivity contribution is -0.139. The van der Waals surface area contributed by atoms with Gasteiger partial charge in [-0.15, -0.1) is 0 Å². The maximum absolute atomic E-state index is 12.3. The summed E-state index contributed by atoms with van der Waals surface area (Å²) in [5.41, 5.74) is 0.717. The fourth-order valence-electron chi connectivity index (χ4n) is 2.13. The topological polar surface area (TPSA) is 76.1 Å². The Bertz CT molecular complexity index is 750. The number of carboxylic acids is 1. The zero-order valence-electron chi connectivity index (χ0n) is 13.6. The van der Waals surface area contributed by atoms with E-state index in [0.717, 1.165) is 5.56 Å². The van der Waals surface area contributed by atoms with Crippen molar-refractivity contribution in [3.63, 3.8) is 0 Å². The number of rotatable bonds is 7. The van der Waals surface area contributed by atoms with Crippen LogP contribution in [0.2, 0.25) is 0 Å². The Hall–Kier alpha value is -1.58. The van der Waals surface area contributed by atoms with Crippen molar-refractivity contribution in [3.8, 4) is 11.5 Å². The molecule has 1 amide bonds. The van der Waals surface area contributed by atoms with Crippen LogP contribution in [0.4, 0.5) is 0 Å². The molecule has 0 aromatic heterocycles. The second-order valence-electron chi connectivity index (χ2n) is 4.87. The van der Waals surface area contributed by atoms with E-state index < -0.39 is 12.6 Å². The first-order valence-electron chi connectivity index (χ1n) is 7.43. The Morgan fingerprint density at radius 3 is 2.68 bits per heavy atom. The number of benzene rings is 1. The Morgan fingerprint density at radius 1 is 1.40 bits per heavy atom. The van der Waals surface area contributed by atoms with Crippen LogP contribution in [0.1, 0.15) is 19.4 Å². The van der Waals surface area contributed by atoms with Gasteiger partial charge in [-0.1, -0.05) is 24.0 Å². The van der Waals surface area contributed by atoms with Crippen molar-refractivity contribution in [3.05, 3.63) is 27.1 Å². The monoisotopic (exact) mass is 445 g/mol. The highest BCUT2D eigenvalue weighted by Crippen LogP contribution is 2.39. The number of hydrogen-bond donors (Lipinski definition) is 1. The first-order valence-corrected chi connectivity index (χ1v) is 9.45. The number of nitrogens with zero attached hydrogens (tertiary/aromatic N) is 1. The average molecular weight is 446 g/mol. The maximum Gasteiger partial charge on any atom is 0.341 e. The molecule has 0 unspecified atom stereocenters. The van der Waals surface area contributed by atoms with E-state index in [9.17, 15) is 9.59 Å². The van der Waals surface area contributed by atoms with Crippen LogP contribution in [0, 0.1) is 0 Å². The van der Waals surface area contributed by atoms with Gasteiger partial charge in [-0.2, -0.15) is 0 Å². The van der Waals surface area contributed by atoms with Crippen molar-refractivity contribution < 1.29 is 24.2 Å². The Kier molecular flexibility index (Phi) is 6.86. The number of likely N-dealkylation sites (N-methyl/N-ethyl adjacent to an activating group) is 1. The quantitative estimate of drug-likeness (QED) is 0.507. The summed E-state index contributed by atoms with van der Waals surface area (Å²) in [6.45, 7) is 4.11. The Balaban J connectivity index is 2.36. The molecule has 6 nitrogen and oxygen atoms in total. The van der Waals surface area contributed by atoms with Gasteiger partial charge in [0.05, 0.1) is 16.0 Å². The number of thioether (sulfide) groups is 1. The molecule has 1 heterocycles. The first-order chi connectivity index (χ1) is 11.9. The molecule has 0 spiro atoms. The molecule has 2 rings (SSSR count). The van der Waals surface area contributed by atoms with Gasteiger partial charge in [0.2, 0.25) is 0 Å². The van der Waals surface area contributed by atoms with Crippen molar-refractivity contribution in [1.29, 1.82) is 0 Å². The van der Waals surface area contributed by atoms with Gasteiger partial charge < -0.3 is 14.6 Å². The second kappa shape index (κ2) is 8.68. The number of carbonyl (C=O) groups is 2. The molecule has 25 heavy (non-hydrogen) atoms. The molecule has 0 saturated carbocycles. The van der Waals surface area contributed by atoms with E-state index in [1.807, 2.05) is 13.8 Å². The summed E-state index contributed by atoms with van der Waals surface area (Å²) in [4.78, 5) is 25.1.